The number of fused-ring (bicyclic) bond motifs is 3. The van der Waals surface area contributed by atoms with Gasteiger partial charge in [-0.3, -0.25) is 29.3 Å². The number of piperidine rings is 4. The van der Waals surface area contributed by atoms with Crippen molar-refractivity contribution in [2.45, 2.75) is 120 Å². The van der Waals surface area contributed by atoms with Gasteiger partial charge in [0.1, 0.15) is 17.2 Å². The molecule has 5 amide bonds. The van der Waals surface area contributed by atoms with E-state index in [4.69, 9.17) is 9.97 Å². The van der Waals surface area contributed by atoms with Crippen molar-refractivity contribution in [3.63, 3.8) is 0 Å². The number of benzene rings is 2. The topological polar surface area (TPSA) is 169 Å². The molecule has 2 atom stereocenters. The van der Waals surface area contributed by atoms with Crippen LogP contribution in [0.25, 0.3) is 22.3 Å². The number of carbonyl (C=O) groups excluding carboxylic acids is 5. The van der Waals surface area contributed by atoms with Crippen molar-refractivity contribution in [2.75, 3.05) is 67.5 Å². The highest BCUT2D eigenvalue weighted by molar-refractivity contribution is 6.09. The zero-order valence-corrected chi connectivity index (χ0v) is 42.5. The van der Waals surface area contributed by atoms with Crippen LogP contribution in [0.4, 0.5) is 27.4 Å². The molecule has 5 aromatic rings. The van der Waals surface area contributed by atoms with Crippen LogP contribution < -0.4 is 20.4 Å². The molecule has 1 unspecified atom stereocenters. The molecule has 5 saturated heterocycles. The molecule has 6 aliphatic heterocycles. The Kier molecular flexibility index (Phi) is 12.7. The number of amides is 5. The largest absolute Gasteiger partial charge is 0.357 e. The number of nitrogens with zero attached hydrogens (tertiary/aromatic N) is 9. The summed E-state index contributed by atoms with van der Waals surface area (Å²) >= 11 is 0. The lowest BCUT2D eigenvalue weighted by Crippen LogP contribution is -2.58. The highest BCUT2D eigenvalue weighted by Crippen LogP contribution is 2.52. The maximum Gasteiger partial charge on any atom is 0.238 e. The Morgan fingerprint density at radius 3 is 2.28 bits per heavy atom. The summed E-state index contributed by atoms with van der Waals surface area (Å²) in [7, 11) is 0. The van der Waals surface area contributed by atoms with Gasteiger partial charge in [0.25, 0.3) is 0 Å². The third-order valence-corrected chi connectivity index (χ3v) is 17.7. The van der Waals surface area contributed by atoms with Gasteiger partial charge in [-0.1, -0.05) is 36.8 Å². The summed E-state index contributed by atoms with van der Waals surface area (Å²) in [6.07, 6.45) is 12.9. The van der Waals surface area contributed by atoms with Crippen LogP contribution in [-0.2, 0) is 29.4 Å². The molecule has 17 heteroatoms. The van der Waals surface area contributed by atoms with Gasteiger partial charge in [-0.2, -0.15) is 0 Å². The van der Waals surface area contributed by atoms with E-state index in [1.807, 2.05) is 32.6 Å². The number of para-hydroxylation sites is 1. The first-order valence-electron chi connectivity index (χ1n) is 27.2. The van der Waals surface area contributed by atoms with Gasteiger partial charge in [0, 0.05) is 87.2 Å². The summed E-state index contributed by atoms with van der Waals surface area (Å²) in [6.45, 7) is 9.64. The zero-order valence-electron chi connectivity index (χ0n) is 42.5. The quantitative estimate of drug-likeness (QED) is 0.133. The number of hydrogen-bond acceptors (Lipinski definition) is 11. The number of anilines is 4. The van der Waals surface area contributed by atoms with E-state index in [0.29, 0.717) is 107 Å². The smallest absolute Gasteiger partial charge is 0.238 e. The molecule has 12 rings (SSSR count). The summed E-state index contributed by atoms with van der Waals surface area (Å²) in [5.74, 6) is -0.0659. The van der Waals surface area contributed by atoms with Crippen molar-refractivity contribution >= 4 is 63.6 Å². The molecule has 16 nitrogen and oxygen atoms in total. The van der Waals surface area contributed by atoms with Crippen LogP contribution in [0.1, 0.15) is 114 Å². The molecule has 0 bridgehead atoms. The van der Waals surface area contributed by atoms with Crippen LogP contribution in [-0.4, -0.2) is 128 Å². The standard InChI is InChI=1S/C57H66FN11O5/c1-35(2)68-34-60-47-31-46(62-52(51(47)68)61-45-9-5-4-8-44(45)58)37-10-13-43-48(28-37)69(41-29-40(30-41)64-21-6-3-7-22-64)56(74)57(43)19-26-66(27-20-57)55(73)39-18-25-67(33-39)54(72)36-16-23-65(24-17-36)49-14-11-38(32-59-49)42-12-15-50(70)63-53(42)71/h4-5,8-11,13-14,28,31-32,34-36,39-42H,3,6-7,12,15-27,29-30,33H2,1-2H3,(H,61,62)(H,63,70,71)/t39-,40-,41+,42?/m1/s1. The Morgan fingerprint density at radius 2 is 1.55 bits per heavy atom. The molecule has 9 heterocycles. The van der Waals surface area contributed by atoms with Crippen LogP contribution in [0.3, 0.4) is 0 Å². The zero-order chi connectivity index (χ0) is 50.8. The molecule has 1 aliphatic carbocycles. The summed E-state index contributed by atoms with van der Waals surface area (Å²) in [6, 6.07) is 19.3. The van der Waals surface area contributed by atoms with Crippen LogP contribution in [0.15, 0.2) is 73.2 Å². The number of pyridine rings is 2. The lowest BCUT2D eigenvalue weighted by atomic mass is 9.73. The van der Waals surface area contributed by atoms with Crippen LogP contribution in [0.2, 0.25) is 0 Å². The summed E-state index contributed by atoms with van der Waals surface area (Å²) < 4.78 is 17.1. The van der Waals surface area contributed by atoms with E-state index in [1.54, 1.807) is 30.7 Å². The van der Waals surface area contributed by atoms with Gasteiger partial charge in [-0.25, -0.2) is 19.3 Å². The molecule has 2 N–H and O–H groups in total. The van der Waals surface area contributed by atoms with Crippen molar-refractivity contribution in [3.8, 4) is 11.3 Å². The summed E-state index contributed by atoms with van der Waals surface area (Å²) in [5, 5.41) is 5.70. The van der Waals surface area contributed by atoms with Crippen LogP contribution >= 0.6 is 0 Å². The molecular weight excluding hydrogens is 938 g/mol. The van der Waals surface area contributed by atoms with E-state index in [2.05, 4.69) is 62.4 Å². The fraction of sp³-hybridized carbons (Fsp3) is 0.509. The number of aromatic nitrogens is 4. The number of rotatable bonds is 10. The number of hydrogen-bond donors (Lipinski definition) is 2. The van der Waals surface area contributed by atoms with Crippen molar-refractivity contribution in [3.05, 3.63) is 90.1 Å². The monoisotopic (exact) mass is 1000 g/mol. The van der Waals surface area contributed by atoms with Crippen LogP contribution in [0, 0.1) is 17.7 Å². The van der Waals surface area contributed by atoms with Gasteiger partial charge in [0.15, 0.2) is 5.82 Å². The van der Waals surface area contributed by atoms with Gasteiger partial charge in [0.05, 0.1) is 40.5 Å². The summed E-state index contributed by atoms with van der Waals surface area (Å²) in [4.78, 5) is 92.9. The number of nitrogens with one attached hydrogen (secondary N) is 2. The van der Waals surface area contributed by atoms with Crippen molar-refractivity contribution in [1.29, 1.82) is 0 Å². The minimum atomic E-state index is -0.760. The first-order chi connectivity index (χ1) is 35.9. The lowest BCUT2D eigenvalue weighted by molar-refractivity contribution is -0.140. The molecule has 3 aromatic heterocycles. The molecule has 1 saturated carbocycles. The lowest BCUT2D eigenvalue weighted by Gasteiger charge is -2.48. The third-order valence-electron chi connectivity index (χ3n) is 17.7. The molecule has 7 aliphatic rings. The Bertz CT molecular complexity index is 3000. The van der Waals surface area contributed by atoms with E-state index in [-0.39, 0.29) is 65.2 Å². The molecule has 74 heavy (non-hydrogen) atoms. The van der Waals surface area contributed by atoms with E-state index in [0.717, 1.165) is 65.2 Å². The maximum absolute atomic E-state index is 15.3. The first kappa shape index (κ1) is 48.2. The molecular formula is C57H66FN11O5. The van der Waals surface area contributed by atoms with Gasteiger partial charge in [-0.05, 0) is 133 Å². The molecule has 386 valence electrons. The third kappa shape index (κ3) is 8.67. The maximum atomic E-state index is 15.3. The number of imidazole rings is 1. The predicted molar refractivity (Wildman–Crippen MR) is 279 cm³/mol. The van der Waals surface area contributed by atoms with Gasteiger partial charge in [0.2, 0.25) is 29.5 Å². The SMILES string of the molecule is CC(C)n1cnc2cc(-c3ccc4c(c3)N([C@H]3C[C@@H](N5CCCCC5)C3)C(=O)C43CCN(C(=O)[C@@H]4CCN(C(=O)C5CCN(c6ccc(C7CCC(=O)NC7=O)cn6)CC5)C4)CC3)nc(Nc3ccccc3F)c21. The van der Waals surface area contributed by atoms with E-state index < -0.39 is 5.41 Å². The van der Waals surface area contributed by atoms with E-state index >= 15 is 9.18 Å². The minimum absolute atomic E-state index is 0.0687. The fourth-order valence-electron chi connectivity index (χ4n) is 13.3. The number of carbonyl (C=O) groups is 5. The summed E-state index contributed by atoms with van der Waals surface area (Å²) in [5.41, 5.74) is 5.31. The van der Waals surface area contributed by atoms with E-state index in [9.17, 15) is 19.2 Å². The second kappa shape index (κ2) is 19.5. The predicted octanol–water partition coefficient (Wildman–Crippen LogP) is 7.47. The second-order valence-electron chi connectivity index (χ2n) is 22.2. The Labute approximate surface area is 431 Å². The van der Waals surface area contributed by atoms with Gasteiger partial charge >= 0.3 is 0 Å². The van der Waals surface area contributed by atoms with Crippen molar-refractivity contribution in [2.24, 2.45) is 11.8 Å². The average Bonchev–Trinajstić information content (AvgIpc) is 4.14. The van der Waals surface area contributed by atoms with Crippen LogP contribution in [0.5, 0.6) is 0 Å². The number of halogens is 1. The molecule has 1 spiro atoms. The minimum Gasteiger partial charge on any atom is -0.357 e. The molecule has 2 aromatic carbocycles. The fourth-order valence-corrected chi connectivity index (χ4v) is 13.3. The highest BCUT2D eigenvalue weighted by Gasteiger charge is 2.56. The normalized spacial score (nSPS) is 24.5. The number of likely N-dealkylation sites (tertiary alicyclic amines) is 3. The van der Waals surface area contributed by atoms with Crippen molar-refractivity contribution in [1.82, 2.24) is 39.5 Å². The Hall–Kier alpha value is -6.75. The molecule has 0 radical (unpaired) electrons. The van der Waals surface area contributed by atoms with Gasteiger partial charge in [-0.15, -0.1) is 0 Å². The molecule has 6 fully saturated rings. The van der Waals surface area contributed by atoms with Crippen molar-refractivity contribution < 1.29 is 28.4 Å². The Morgan fingerprint density at radius 1 is 0.797 bits per heavy atom. The number of imide groups is 1. The Balaban J connectivity index is 0.729. The van der Waals surface area contributed by atoms with Gasteiger partial charge < -0.3 is 34.4 Å². The first-order valence-corrected chi connectivity index (χ1v) is 27.2. The second-order valence-corrected chi connectivity index (χ2v) is 22.2. The average molecular weight is 1000 g/mol. The van der Waals surface area contributed by atoms with E-state index in [1.165, 1.54) is 25.3 Å². The highest BCUT2D eigenvalue weighted by atomic mass is 19.1.